The summed E-state index contributed by atoms with van der Waals surface area (Å²) < 4.78 is 69.7. The summed E-state index contributed by atoms with van der Waals surface area (Å²) in [4.78, 5) is 0. The maximum Gasteiger partial charge on any atom is 0.187 e. The highest BCUT2D eigenvalue weighted by Gasteiger charge is 2.56. The molecule has 0 unspecified atom stereocenters. The number of hydrogen-bond acceptors (Lipinski definition) is 12. The second kappa shape index (κ2) is 18.2. The number of aliphatic hydroxyl groups is 1. The molecule has 0 aromatic heterocycles. The minimum atomic E-state index is -1.14. The standard InChI is InChI=1S/C41H54O12/c1-40(2)48-26-31(51-40)33(35-37(38(43-5)44-6)53-41(3,4)52-35)50-39-36(47-24-29-20-14-9-15-21-29)34(46-23-28-18-12-8-13-19-28)32(42)30(49-39)25-45-22-27-16-10-7-11-17-27/h7-21,30-39,42H,22-26H2,1-6H3/t30-,31-,32-,33-,34+,35+,36+,37-,39+/m1/s1. The van der Waals surface area contributed by atoms with Gasteiger partial charge < -0.3 is 57.2 Å². The van der Waals surface area contributed by atoms with Crippen LogP contribution in [0, 0.1) is 0 Å². The molecule has 12 nitrogen and oxygen atoms in total. The molecule has 3 aromatic rings. The zero-order valence-electron chi connectivity index (χ0n) is 31.4. The lowest BCUT2D eigenvalue weighted by atomic mass is 9.97. The van der Waals surface area contributed by atoms with E-state index >= 15 is 0 Å². The van der Waals surface area contributed by atoms with Crippen molar-refractivity contribution in [2.75, 3.05) is 27.4 Å². The molecule has 0 spiro atoms. The maximum atomic E-state index is 12.0. The Bertz CT molecular complexity index is 1510. The van der Waals surface area contributed by atoms with Gasteiger partial charge in [0.05, 0.1) is 33.0 Å². The molecule has 9 atom stereocenters. The monoisotopic (exact) mass is 738 g/mol. The molecule has 3 fully saturated rings. The zero-order chi connectivity index (χ0) is 37.4. The molecule has 6 rings (SSSR count). The summed E-state index contributed by atoms with van der Waals surface area (Å²) in [7, 11) is 3.09. The summed E-state index contributed by atoms with van der Waals surface area (Å²) in [6.45, 7) is 8.34. The lowest BCUT2D eigenvalue weighted by Gasteiger charge is -2.46. The molecule has 1 N–H and O–H groups in total. The van der Waals surface area contributed by atoms with Crippen molar-refractivity contribution in [1.29, 1.82) is 0 Å². The zero-order valence-corrected chi connectivity index (χ0v) is 31.4. The molecule has 0 bridgehead atoms. The van der Waals surface area contributed by atoms with E-state index in [0.717, 1.165) is 16.7 Å². The van der Waals surface area contributed by atoms with Gasteiger partial charge in [-0.05, 0) is 44.4 Å². The van der Waals surface area contributed by atoms with Crippen LogP contribution in [0.25, 0.3) is 0 Å². The summed E-state index contributed by atoms with van der Waals surface area (Å²) in [5.41, 5.74) is 2.86. The molecule has 3 aliphatic rings. The fraction of sp³-hybridized carbons (Fsp3) is 0.561. The number of methoxy groups -OCH3 is 2. The molecule has 12 heteroatoms. The first-order valence-corrected chi connectivity index (χ1v) is 18.2. The summed E-state index contributed by atoms with van der Waals surface area (Å²) in [6, 6.07) is 29.4. The summed E-state index contributed by atoms with van der Waals surface area (Å²) >= 11 is 0. The second-order valence-electron chi connectivity index (χ2n) is 14.4. The number of benzene rings is 3. The van der Waals surface area contributed by atoms with Crippen molar-refractivity contribution < 1.29 is 57.2 Å². The molecular formula is C41H54O12. The third-order valence-corrected chi connectivity index (χ3v) is 9.49. The molecule has 3 aliphatic heterocycles. The number of aliphatic hydroxyl groups excluding tert-OH is 1. The average molecular weight is 739 g/mol. The fourth-order valence-corrected chi connectivity index (χ4v) is 6.96. The topological polar surface area (TPSA) is 122 Å². The number of rotatable bonds is 17. The van der Waals surface area contributed by atoms with Crippen molar-refractivity contribution in [3.05, 3.63) is 108 Å². The van der Waals surface area contributed by atoms with E-state index in [1.807, 2.05) is 119 Å². The highest BCUT2D eigenvalue weighted by Crippen LogP contribution is 2.39. The van der Waals surface area contributed by atoms with Gasteiger partial charge in [0.25, 0.3) is 0 Å². The first kappa shape index (κ1) is 39.9. The molecule has 0 saturated carbocycles. The van der Waals surface area contributed by atoms with Gasteiger partial charge in [-0.25, -0.2) is 0 Å². The van der Waals surface area contributed by atoms with Crippen LogP contribution < -0.4 is 0 Å². The van der Waals surface area contributed by atoms with Crippen molar-refractivity contribution in [2.24, 2.45) is 0 Å². The predicted octanol–water partition coefficient (Wildman–Crippen LogP) is 5.14. The molecule has 290 valence electrons. The minimum absolute atomic E-state index is 0.0569. The SMILES string of the molecule is COC(OC)[C@@H]1OC(C)(C)O[C@H]1[C@H](O[C@@H]1O[C@H](COCc2ccccc2)[C@@H](O)[C@H](OCc2ccccc2)[C@@H]1OCc1ccccc1)[C@H]1COC(C)(C)O1. The highest BCUT2D eigenvalue weighted by atomic mass is 16.8. The summed E-state index contributed by atoms with van der Waals surface area (Å²) in [5.74, 6) is -1.90. The van der Waals surface area contributed by atoms with Gasteiger partial charge in [-0.15, -0.1) is 0 Å². The molecule has 3 heterocycles. The maximum absolute atomic E-state index is 12.0. The van der Waals surface area contributed by atoms with E-state index < -0.39 is 73.0 Å². The quantitative estimate of drug-likeness (QED) is 0.185. The van der Waals surface area contributed by atoms with E-state index in [4.69, 9.17) is 52.1 Å². The largest absolute Gasteiger partial charge is 0.387 e. The lowest BCUT2D eigenvalue weighted by Crippen LogP contribution is -2.63. The Balaban J connectivity index is 1.34. The van der Waals surface area contributed by atoms with Gasteiger partial charge in [-0.3, -0.25) is 0 Å². The second-order valence-corrected chi connectivity index (χ2v) is 14.4. The Hall–Kier alpha value is -2.82. The predicted molar refractivity (Wildman–Crippen MR) is 192 cm³/mol. The van der Waals surface area contributed by atoms with Crippen molar-refractivity contribution in [3.63, 3.8) is 0 Å². The van der Waals surface area contributed by atoms with Crippen LogP contribution in [0.5, 0.6) is 0 Å². The average Bonchev–Trinajstić information content (AvgIpc) is 3.69. The third-order valence-electron chi connectivity index (χ3n) is 9.49. The smallest absolute Gasteiger partial charge is 0.187 e. The van der Waals surface area contributed by atoms with E-state index in [0.29, 0.717) is 6.61 Å². The minimum Gasteiger partial charge on any atom is -0.387 e. The van der Waals surface area contributed by atoms with Crippen LogP contribution in [0.2, 0.25) is 0 Å². The van der Waals surface area contributed by atoms with E-state index in [-0.39, 0.29) is 26.4 Å². The Kier molecular flexibility index (Phi) is 13.7. The van der Waals surface area contributed by atoms with Gasteiger partial charge in [0, 0.05) is 14.2 Å². The van der Waals surface area contributed by atoms with Crippen molar-refractivity contribution >= 4 is 0 Å². The van der Waals surface area contributed by atoms with Gasteiger partial charge in [-0.2, -0.15) is 0 Å². The van der Waals surface area contributed by atoms with Gasteiger partial charge in [-0.1, -0.05) is 91.0 Å². The van der Waals surface area contributed by atoms with Crippen LogP contribution >= 0.6 is 0 Å². The van der Waals surface area contributed by atoms with E-state index in [9.17, 15) is 5.11 Å². The van der Waals surface area contributed by atoms with Crippen LogP contribution in [0.3, 0.4) is 0 Å². The summed E-state index contributed by atoms with van der Waals surface area (Å²) in [6.07, 6.45) is -8.62. The van der Waals surface area contributed by atoms with E-state index in [1.165, 1.54) is 0 Å². The summed E-state index contributed by atoms with van der Waals surface area (Å²) in [5, 5.41) is 12.0. The molecule has 0 amide bonds. The first-order chi connectivity index (χ1) is 25.6. The first-order valence-electron chi connectivity index (χ1n) is 18.2. The van der Waals surface area contributed by atoms with Gasteiger partial charge in [0.2, 0.25) is 0 Å². The van der Waals surface area contributed by atoms with Crippen LogP contribution in [0.1, 0.15) is 44.4 Å². The molecule has 0 radical (unpaired) electrons. The number of ether oxygens (including phenoxy) is 11. The van der Waals surface area contributed by atoms with Gasteiger partial charge in [0.15, 0.2) is 24.2 Å². The molecule has 53 heavy (non-hydrogen) atoms. The van der Waals surface area contributed by atoms with Crippen LogP contribution in [0.4, 0.5) is 0 Å². The van der Waals surface area contributed by atoms with Crippen LogP contribution in [0.15, 0.2) is 91.0 Å². The Labute approximate surface area is 312 Å². The lowest BCUT2D eigenvalue weighted by molar-refractivity contribution is -0.343. The Morgan fingerprint density at radius 2 is 1.21 bits per heavy atom. The normalized spacial score (nSPS) is 30.1. The van der Waals surface area contributed by atoms with Crippen molar-refractivity contribution in [2.45, 2.75) is 121 Å². The third kappa shape index (κ3) is 10.5. The van der Waals surface area contributed by atoms with E-state index in [1.54, 1.807) is 14.2 Å². The van der Waals surface area contributed by atoms with Gasteiger partial charge >= 0.3 is 0 Å². The van der Waals surface area contributed by atoms with Crippen molar-refractivity contribution in [3.8, 4) is 0 Å². The van der Waals surface area contributed by atoms with Crippen LogP contribution in [-0.4, -0.2) is 106 Å². The van der Waals surface area contributed by atoms with E-state index in [2.05, 4.69) is 0 Å². The molecule has 3 aromatic carbocycles. The molecule has 3 saturated heterocycles. The molecule has 0 aliphatic carbocycles. The van der Waals surface area contributed by atoms with Crippen molar-refractivity contribution in [1.82, 2.24) is 0 Å². The van der Waals surface area contributed by atoms with Crippen LogP contribution in [-0.2, 0) is 71.9 Å². The molecular weight excluding hydrogens is 684 g/mol. The fourth-order valence-electron chi connectivity index (χ4n) is 6.96. The van der Waals surface area contributed by atoms with Gasteiger partial charge in [0.1, 0.15) is 48.8 Å². The highest BCUT2D eigenvalue weighted by molar-refractivity contribution is 5.15. The Morgan fingerprint density at radius 3 is 1.74 bits per heavy atom. The number of hydrogen-bond donors (Lipinski definition) is 1. The Morgan fingerprint density at radius 1 is 0.679 bits per heavy atom.